The van der Waals surface area contributed by atoms with Crippen LogP contribution in [0.5, 0.6) is 0 Å². The van der Waals surface area contributed by atoms with Crippen LogP contribution in [0.25, 0.3) is 15.9 Å². The van der Waals surface area contributed by atoms with Gasteiger partial charge in [0.15, 0.2) is 5.13 Å². The molecule has 2 aromatic heterocycles. The van der Waals surface area contributed by atoms with Crippen molar-refractivity contribution in [2.24, 2.45) is 0 Å². The van der Waals surface area contributed by atoms with Crippen LogP contribution in [-0.2, 0) is 0 Å². The van der Waals surface area contributed by atoms with E-state index in [-0.39, 0.29) is 5.91 Å². The predicted molar refractivity (Wildman–Crippen MR) is 95.9 cm³/mol. The number of fused-ring (bicyclic) bond motifs is 1. The van der Waals surface area contributed by atoms with Crippen LogP contribution in [0.2, 0.25) is 0 Å². The highest BCUT2D eigenvalue weighted by molar-refractivity contribution is 7.22. The maximum Gasteiger partial charge on any atom is 0.276 e. The Morgan fingerprint density at radius 1 is 1.12 bits per heavy atom. The largest absolute Gasteiger partial charge is 0.296 e. The van der Waals surface area contributed by atoms with Gasteiger partial charge in [-0.05, 0) is 30.7 Å². The van der Waals surface area contributed by atoms with Gasteiger partial charge in [0.1, 0.15) is 5.69 Å². The maximum atomic E-state index is 12.6. The molecule has 0 aliphatic carbocycles. The number of rotatable bonds is 3. The fourth-order valence-electron chi connectivity index (χ4n) is 2.56. The lowest BCUT2D eigenvalue weighted by molar-refractivity contribution is 0.102. The van der Waals surface area contributed by atoms with Gasteiger partial charge in [-0.15, -0.1) is 0 Å². The number of nitrogens with one attached hydrogen (secondary N) is 1. The van der Waals surface area contributed by atoms with Crippen LogP contribution in [0.1, 0.15) is 16.1 Å². The Kier molecular flexibility index (Phi) is 3.59. The van der Waals surface area contributed by atoms with Gasteiger partial charge in [0.05, 0.1) is 22.7 Å². The standard InChI is InChI=1S/C18H14N4OS/c1-12-6-5-9-15-16(12)20-18(24-15)21-17(23)14-10-19-11-22(14)13-7-3-2-4-8-13/h2-11H,1H3,(H,20,21,23). The van der Waals surface area contributed by atoms with E-state index in [1.54, 1.807) is 17.1 Å². The van der Waals surface area contributed by atoms with Gasteiger partial charge in [-0.2, -0.15) is 0 Å². The Morgan fingerprint density at radius 3 is 2.75 bits per heavy atom. The SMILES string of the molecule is Cc1cccc2sc(NC(=O)c3cncn3-c3ccccc3)nc12. The quantitative estimate of drug-likeness (QED) is 0.615. The summed E-state index contributed by atoms with van der Waals surface area (Å²) in [5, 5.41) is 3.47. The number of aryl methyl sites for hydroxylation is 1. The van der Waals surface area contributed by atoms with Gasteiger partial charge in [0, 0.05) is 5.69 Å². The molecular weight excluding hydrogens is 320 g/mol. The molecule has 0 aliphatic rings. The number of carbonyl (C=O) groups is 1. The van der Waals surface area contributed by atoms with Crippen molar-refractivity contribution in [2.75, 3.05) is 5.32 Å². The van der Waals surface area contributed by atoms with Crippen molar-refractivity contribution in [3.8, 4) is 5.69 Å². The minimum absolute atomic E-state index is 0.229. The van der Waals surface area contributed by atoms with E-state index in [0.717, 1.165) is 21.5 Å². The van der Waals surface area contributed by atoms with Crippen LogP contribution < -0.4 is 5.32 Å². The molecule has 0 bridgehead atoms. The second-order valence-electron chi connectivity index (χ2n) is 5.38. The summed E-state index contributed by atoms with van der Waals surface area (Å²) in [6, 6.07) is 15.7. The fraction of sp³-hybridized carbons (Fsp3) is 0.0556. The molecule has 0 saturated carbocycles. The Balaban J connectivity index is 1.65. The van der Waals surface area contributed by atoms with E-state index in [9.17, 15) is 4.79 Å². The van der Waals surface area contributed by atoms with Crippen molar-refractivity contribution in [3.05, 3.63) is 72.3 Å². The molecule has 6 heteroatoms. The number of thiazole rings is 1. The number of benzene rings is 2. The number of aromatic nitrogens is 3. The summed E-state index contributed by atoms with van der Waals surface area (Å²) in [6.07, 6.45) is 3.19. The lowest BCUT2D eigenvalue weighted by Crippen LogP contribution is -2.15. The summed E-state index contributed by atoms with van der Waals surface area (Å²) in [6.45, 7) is 2.01. The highest BCUT2D eigenvalue weighted by Gasteiger charge is 2.15. The van der Waals surface area contributed by atoms with Crippen LogP contribution in [0.3, 0.4) is 0 Å². The van der Waals surface area contributed by atoms with E-state index in [4.69, 9.17) is 0 Å². The smallest absolute Gasteiger partial charge is 0.276 e. The van der Waals surface area contributed by atoms with Crippen LogP contribution >= 0.6 is 11.3 Å². The van der Waals surface area contributed by atoms with Crippen LogP contribution in [0.4, 0.5) is 5.13 Å². The Bertz CT molecular complexity index is 1020. The van der Waals surface area contributed by atoms with E-state index in [0.29, 0.717) is 10.8 Å². The summed E-state index contributed by atoms with van der Waals surface area (Å²) in [4.78, 5) is 21.3. The summed E-state index contributed by atoms with van der Waals surface area (Å²) >= 11 is 1.47. The zero-order valence-electron chi connectivity index (χ0n) is 12.9. The zero-order chi connectivity index (χ0) is 16.5. The monoisotopic (exact) mass is 334 g/mol. The molecule has 2 heterocycles. The molecule has 4 rings (SSSR count). The highest BCUT2D eigenvalue weighted by atomic mass is 32.1. The van der Waals surface area contributed by atoms with Gasteiger partial charge in [0.25, 0.3) is 5.91 Å². The zero-order valence-corrected chi connectivity index (χ0v) is 13.7. The number of para-hydroxylation sites is 2. The lowest BCUT2D eigenvalue weighted by Gasteiger charge is -2.07. The van der Waals surface area contributed by atoms with E-state index in [1.165, 1.54) is 11.3 Å². The molecule has 118 valence electrons. The van der Waals surface area contributed by atoms with Gasteiger partial charge in [0.2, 0.25) is 0 Å². The number of nitrogens with zero attached hydrogens (tertiary/aromatic N) is 3. The first kappa shape index (κ1) is 14.6. The van der Waals surface area contributed by atoms with Gasteiger partial charge >= 0.3 is 0 Å². The fourth-order valence-corrected chi connectivity index (χ4v) is 3.50. The summed E-state index contributed by atoms with van der Waals surface area (Å²) in [5.74, 6) is -0.229. The third-order valence-electron chi connectivity index (χ3n) is 3.75. The lowest BCUT2D eigenvalue weighted by atomic mass is 10.2. The van der Waals surface area contributed by atoms with Crippen LogP contribution in [0.15, 0.2) is 61.1 Å². The van der Waals surface area contributed by atoms with Gasteiger partial charge in [-0.25, -0.2) is 9.97 Å². The minimum atomic E-state index is -0.229. The molecule has 1 N–H and O–H groups in total. The number of anilines is 1. The first-order valence-corrected chi connectivity index (χ1v) is 8.29. The predicted octanol–water partition coefficient (Wildman–Crippen LogP) is 4.04. The molecule has 0 aliphatic heterocycles. The molecule has 0 atom stereocenters. The van der Waals surface area contributed by atoms with Crippen molar-refractivity contribution in [1.82, 2.24) is 14.5 Å². The average Bonchev–Trinajstić information content (AvgIpc) is 3.23. The number of carbonyl (C=O) groups excluding carboxylic acids is 1. The van der Waals surface area contributed by atoms with Gasteiger partial charge in [-0.1, -0.05) is 41.7 Å². The summed E-state index contributed by atoms with van der Waals surface area (Å²) in [7, 11) is 0. The van der Waals surface area contributed by atoms with Crippen molar-refractivity contribution in [2.45, 2.75) is 6.92 Å². The molecule has 0 fully saturated rings. The first-order chi connectivity index (χ1) is 11.7. The normalized spacial score (nSPS) is 10.9. The molecule has 0 spiro atoms. The van der Waals surface area contributed by atoms with Gasteiger partial charge in [-0.3, -0.25) is 14.7 Å². The molecule has 5 nitrogen and oxygen atoms in total. The Hall–Kier alpha value is -2.99. The highest BCUT2D eigenvalue weighted by Crippen LogP contribution is 2.28. The van der Waals surface area contributed by atoms with Crippen molar-refractivity contribution in [3.63, 3.8) is 0 Å². The average molecular weight is 334 g/mol. The molecule has 0 radical (unpaired) electrons. The maximum absolute atomic E-state index is 12.6. The third-order valence-corrected chi connectivity index (χ3v) is 4.68. The van der Waals surface area contributed by atoms with Crippen molar-refractivity contribution >= 4 is 32.6 Å². The van der Waals surface area contributed by atoms with Crippen LogP contribution in [0, 0.1) is 6.92 Å². The summed E-state index contributed by atoms with van der Waals surface area (Å²) in [5.41, 5.74) is 3.38. The van der Waals surface area contributed by atoms with E-state index >= 15 is 0 Å². The Morgan fingerprint density at radius 2 is 1.96 bits per heavy atom. The molecule has 4 aromatic rings. The molecule has 2 aromatic carbocycles. The summed E-state index contributed by atoms with van der Waals surface area (Å²) < 4.78 is 2.82. The van der Waals surface area contributed by atoms with Gasteiger partial charge < -0.3 is 0 Å². The molecule has 24 heavy (non-hydrogen) atoms. The van der Waals surface area contributed by atoms with E-state index in [2.05, 4.69) is 15.3 Å². The third kappa shape index (κ3) is 2.57. The van der Waals surface area contributed by atoms with E-state index in [1.807, 2.05) is 55.5 Å². The second kappa shape index (κ2) is 5.90. The number of hydrogen-bond acceptors (Lipinski definition) is 4. The molecular formula is C18H14N4OS. The van der Waals surface area contributed by atoms with E-state index < -0.39 is 0 Å². The number of hydrogen-bond donors (Lipinski definition) is 1. The molecule has 1 amide bonds. The van der Waals surface area contributed by atoms with Crippen molar-refractivity contribution in [1.29, 1.82) is 0 Å². The second-order valence-corrected chi connectivity index (χ2v) is 6.41. The van der Waals surface area contributed by atoms with Crippen LogP contribution in [-0.4, -0.2) is 20.4 Å². The topological polar surface area (TPSA) is 59.8 Å². The minimum Gasteiger partial charge on any atom is -0.296 e. The Labute approximate surface area is 142 Å². The first-order valence-electron chi connectivity index (χ1n) is 7.47. The number of amides is 1. The molecule has 0 saturated heterocycles. The van der Waals surface area contributed by atoms with Crippen molar-refractivity contribution < 1.29 is 4.79 Å². The number of imidazole rings is 1. The molecule has 0 unspecified atom stereocenters.